The topological polar surface area (TPSA) is 108 Å². The maximum absolute atomic E-state index is 14.8. The van der Waals surface area contributed by atoms with Crippen LogP contribution in [0.2, 0.25) is 0 Å². The summed E-state index contributed by atoms with van der Waals surface area (Å²) in [5.41, 5.74) is 2.61. The van der Waals surface area contributed by atoms with Gasteiger partial charge < -0.3 is 25.4 Å². The van der Waals surface area contributed by atoms with Crippen molar-refractivity contribution < 1.29 is 24.2 Å². The van der Waals surface area contributed by atoms with Gasteiger partial charge in [-0.15, -0.1) is 0 Å². The fourth-order valence-corrected chi connectivity index (χ4v) is 5.08. The smallest absolute Gasteiger partial charge is 0.408 e. The highest BCUT2D eigenvalue weighted by Gasteiger charge is 2.39. The summed E-state index contributed by atoms with van der Waals surface area (Å²) < 4.78 is 5.55. The van der Waals surface area contributed by atoms with Crippen molar-refractivity contribution in [2.75, 3.05) is 0 Å². The van der Waals surface area contributed by atoms with Crippen molar-refractivity contribution in [3.63, 3.8) is 0 Å². The van der Waals surface area contributed by atoms with Gasteiger partial charge in [-0.1, -0.05) is 86.1 Å². The summed E-state index contributed by atoms with van der Waals surface area (Å²) in [5.74, 6) is -0.222. The van der Waals surface area contributed by atoms with E-state index >= 15 is 0 Å². The molecule has 0 spiro atoms. The van der Waals surface area contributed by atoms with E-state index in [-0.39, 0.29) is 24.1 Å². The number of phenols is 1. The fourth-order valence-electron chi connectivity index (χ4n) is 5.08. The lowest BCUT2D eigenvalue weighted by Gasteiger charge is -2.39. The highest BCUT2D eigenvalue weighted by atomic mass is 16.6. The molecule has 0 saturated carbocycles. The maximum atomic E-state index is 14.8. The molecule has 0 bridgehead atoms. The van der Waals surface area contributed by atoms with Crippen molar-refractivity contribution in [2.45, 2.75) is 98.0 Å². The number of nitrogens with zero attached hydrogens (tertiary/aromatic N) is 1. The minimum absolute atomic E-state index is 0.0974. The number of aryl methyl sites for hydroxylation is 1. The number of amides is 3. The summed E-state index contributed by atoms with van der Waals surface area (Å²) in [7, 11) is 0. The normalized spacial score (nSPS) is 13.4. The lowest BCUT2D eigenvalue weighted by Crippen LogP contribution is -2.56. The van der Waals surface area contributed by atoms with Gasteiger partial charge in [0.15, 0.2) is 0 Å². The average molecular weight is 616 g/mol. The Morgan fingerprint density at radius 3 is 2.04 bits per heavy atom. The lowest BCUT2D eigenvalue weighted by molar-refractivity contribution is -0.145. The molecule has 0 aliphatic rings. The number of hydrogen-bond acceptors (Lipinski definition) is 5. The number of carbonyl (C=O) groups excluding carboxylic acids is 3. The molecule has 3 amide bonds. The Balaban J connectivity index is 2.08. The van der Waals surface area contributed by atoms with E-state index in [1.165, 1.54) is 0 Å². The Hall–Kier alpha value is -4.33. The van der Waals surface area contributed by atoms with Crippen molar-refractivity contribution in [3.05, 3.63) is 101 Å². The number of nitrogens with one attached hydrogen (secondary N) is 2. The van der Waals surface area contributed by atoms with E-state index in [1.54, 1.807) is 49.9 Å². The first-order chi connectivity index (χ1) is 21.2. The Kier molecular flexibility index (Phi) is 12.6. The molecule has 0 radical (unpaired) electrons. The van der Waals surface area contributed by atoms with Crippen LogP contribution in [0, 0.1) is 12.8 Å². The standard InChI is InChI=1S/C37H49N3O5/c1-25(2)13-16-27(4)40(33(30-19-14-26(3)15-20-30)34(42)38-24-29-11-9-8-10-12-29)35(43)32(39-36(44)45-37(5,6)7)23-28-17-21-31(41)22-18-28/h8-12,14-15,17-22,25,27,32-33,41H,13,16,23-24H2,1-7H3,(H,38,42)(H,39,44). The Labute approximate surface area is 268 Å². The van der Waals surface area contributed by atoms with E-state index in [1.807, 2.05) is 68.4 Å². The van der Waals surface area contributed by atoms with Crippen LogP contribution in [-0.4, -0.2) is 45.6 Å². The molecule has 8 nitrogen and oxygen atoms in total. The van der Waals surface area contributed by atoms with E-state index < -0.39 is 29.7 Å². The van der Waals surface area contributed by atoms with E-state index in [2.05, 4.69) is 24.5 Å². The second-order valence-electron chi connectivity index (χ2n) is 13.2. The van der Waals surface area contributed by atoms with Crippen LogP contribution in [0.5, 0.6) is 5.75 Å². The number of ether oxygens (including phenoxy) is 1. The zero-order valence-electron chi connectivity index (χ0n) is 27.7. The zero-order valence-corrected chi connectivity index (χ0v) is 27.7. The largest absolute Gasteiger partial charge is 0.508 e. The molecule has 3 unspecified atom stereocenters. The molecule has 242 valence electrons. The number of benzene rings is 3. The first-order valence-corrected chi connectivity index (χ1v) is 15.7. The van der Waals surface area contributed by atoms with Crippen LogP contribution in [0.4, 0.5) is 4.79 Å². The van der Waals surface area contributed by atoms with E-state index in [0.29, 0.717) is 24.4 Å². The minimum Gasteiger partial charge on any atom is -0.508 e. The monoisotopic (exact) mass is 615 g/mol. The zero-order chi connectivity index (χ0) is 33.1. The molecule has 0 aliphatic heterocycles. The molecule has 0 aliphatic carbocycles. The lowest BCUT2D eigenvalue weighted by atomic mass is 9.95. The highest BCUT2D eigenvalue weighted by molar-refractivity contribution is 5.92. The number of carbonyl (C=O) groups is 3. The molecule has 0 heterocycles. The van der Waals surface area contributed by atoms with Gasteiger partial charge in [-0.05, 0) is 82.2 Å². The SMILES string of the molecule is Cc1ccc(C(C(=O)NCc2ccccc2)N(C(=O)C(Cc2ccc(O)cc2)NC(=O)OC(C)(C)C)C(C)CCC(C)C)cc1. The van der Waals surface area contributed by atoms with Crippen LogP contribution in [-0.2, 0) is 27.3 Å². The van der Waals surface area contributed by atoms with Crippen LogP contribution in [0.15, 0.2) is 78.9 Å². The Morgan fingerprint density at radius 1 is 0.844 bits per heavy atom. The summed E-state index contributed by atoms with van der Waals surface area (Å²) in [6, 6.07) is 21.4. The van der Waals surface area contributed by atoms with E-state index in [4.69, 9.17) is 4.74 Å². The van der Waals surface area contributed by atoms with Gasteiger partial charge in [-0.3, -0.25) is 9.59 Å². The number of aromatic hydroxyl groups is 1. The van der Waals surface area contributed by atoms with Gasteiger partial charge in [0, 0.05) is 19.0 Å². The number of rotatable bonds is 13. The van der Waals surface area contributed by atoms with Crippen LogP contribution < -0.4 is 10.6 Å². The molecule has 3 aromatic rings. The predicted octanol–water partition coefficient (Wildman–Crippen LogP) is 6.85. The van der Waals surface area contributed by atoms with Crippen molar-refractivity contribution in [1.82, 2.24) is 15.5 Å². The summed E-state index contributed by atoms with van der Waals surface area (Å²) in [6.07, 6.45) is 0.919. The van der Waals surface area contributed by atoms with E-state index in [0.717, 1.165) is 23.1 Å². The summed E-state index contributed by atoms with van der Waals surface area (Å²) in [5, 5.41) is 15.7. The summed E-state index contributed by atoms with van der Waals surface area (Å²) in [4.78, 5) is 43.7. The number of phenolic OH excluding ortho intramolecular Hbond substituents is 1. The fraction of sp³-hybridized carbons (Fsp3) is 0.432. The molecular weight excluding hydrogens is 566 g/mol. The average Bonchev–Trinajstić information content (AvgIpc) is 2.98. The van der Waals surface area contributed by atoms with Crippen molar-refractivity contribution in [1.29, 1.82) is 0 Å². The van der Waals surface area contributed by atoms with Crippen LogP contribution in [0.25, 0.3) is 0 Å². The quantitative estimate of drug-likeness (QED) is 0.195. The van der Waals surface area contributed by atoms with Crippen molar-refractivity contribution in [2.24, 2.45) is 5.92 Å². The number of alkyl carbamates (subject to hydrolysis) is 1. The molecule has 0 aromatic heterocycles. The van der Waals surface area contributed by atoms with Crippen LogP contribution in [0.3, 0.4) is 0 Å². The van der Waals surface area contributed by atoms with Crippen molar-refractivity contribution in [3.8, 4) is 5.75 Å². The Morgan fingerprint density at radius 2 is 1.47 bits per heavy atom. The van der Waals surface area contributed by atoms with Gasteiger partial charge in [-0.25, -0.2) is 4.79 Å². The second kappa shape index (κ2) is 16.1. The maximum Gasteiger partial charge on any atom is 0.408 e. The molecule has 3 aromatic carbocycles. The van der Waals surface area contributed by atoms with Gasteiger partial charge in [0.05, 0.1) is 0 Å². The second-order valence-corrected chi connectivity index (χ2v) is 13.2. The molecule has 8 heteroatoms. The third-order valence-corrected chi connectivity index (χ3v) is 7.49. The molecule has 3 rings (SSSR count). The molecule has 3 atom stereocenters. The predicted molar refractivity (Wildman–Crippen MR) is 178 cm³/mol. The van der Waals surface area contributed by atoms with Gasteiger partial charge >= 0.3 is 6.09 Å². The molecule has 3 N–H and O–H groups in total. The van der Waals surface area contributed by atoms with Crippen molar-refractivity contribution >= 4 is 17.9 Å². The Bertz CT molecular complexity index is 1380. The summed E-state index contributed by atoms with van der Waals surface area (Å²) in [6.45, 7) is 13.8. The first kappa shape index (κ1) is 35.2. The molecule has 0 fully saturated rings. The van der Waals surface area contributed by atoms with Gasteiger partial charge in [0.1, 0.15) is 23.4 Å². The molecule has 0 saturated heterocycles. The molecule has 45 heavy (non-hydrogen) atoms. The van der Waals surface area contributed by atoms with Crippen LogP contribution in [0.1, 0.15) is 82.7 Å². The minimum atomic E-state index is -1.04. The molecular formula is C37H49N3O5. The van der Waals surface area contributed by atoms with Gasteiger partial charge in [0.2, 0.25) is 11.8 Å². The summed E-state index contributed by atoms with van der Waals surface area (Å²) >= 11 is 0. The highest BCUT2D eigenvalue weighted by Crippen LogP contribution is 2.29. The first-order valence-electron chi connectivity index (χ1n) is 15.7. The third-order valence-electron chi connectivity index (χ3n) is 7.49. The van der Waals surface area contributed by atoms with E-state index in [9.17, 15) is 19.5 Å². The van der Waals surface area contributed by atoms with Crippen LogP contribution >= 0.6 is 0 Å². The third kappa shape index (κ3) is 11.3. The van der Waals surface area contributed by atoms with Gasteiger partial charge in [0.25, 0.3) is 0 Å². The van der Waals surface area contributed by atoms with Gasteiger partial charge in [-0.2, -0.15) is 0 Å². The number of hydrogen-bond donors (Lipinski definition) is 3.